The molecule has 0 aromatic carbocycles. The fourth-order valence-electron chi connectivity index (χ4n) is 0.956. The van der Waals surface area contributed by atoms with E-state index < -0.39 is 0 Å². The summed E-state index contributed by atoms with van der Waals surface area (Å²) in [6.07, 6.45) is 1.34. The van der Waals surface area contributed by atoms with Crippen LogP contribution in [0.4, 0.5) is 0 Å². The smallest absolute Gasteiger partial charge is 0.220 e. The molecule has 0 aromatic heterocycles. The average molecular weight is 124 g/mol. The number of primary amides is 1. The lowest BCUT2D eigenvalue weighted by molar-refractivity contribution is -0.124. The van der Waals surface area contributed by atoms with Gasteiger partial charge in [-0.25, -0.2) is 0 Å². The summed E-state index contributed by atoms with van der Waals surface area (Å²) in [5.74, 6) is -0.196. The van der Waals surface area contributed by atoms with Gasteiger partial charge in [-0.05, 0) is 12.8 Å². The molecule has 48 valence electrons. The van der Waals surface area contributed by atoms with Gasteiger partial charge >= 0.3 is 0 Å². The third kappa shape index (κ3) is 1.02. The first kappa shape index (κ1) is 6.09. The third-order valence-corrected chi connectivity index (χ3v) is 1.72. The van der Waals surface area contributed by atoms with Gasteiger partial charge in [0.25, 0.3) is 0 Å². The molecule has 0 aromatic rings. The first-order valence-corrected chi connectivity index (χ1v) is 2.93. The summed E-state index contributed by atoms with van der Waals surface area (Å²) in [7, 11) is 0. The van der Waals surface area contributed by atoms with Gasteiger partial charge in [0.05, 0.1) is 6.07 Å². The van der Waals surface area contributed by atoms with Crippen LogP contribution in [0.25, 0.3) is 0 Å². The number of rotatable bonds is 1. The highest BCUT2D eigenvalue weighted by atomic mass is 16.1. The van der Waals surface area contributed by atoms with Crippen molar-refractivity contribution in [1.82, 2.24) is 0 Å². The number of carbonyl (C=O) groups excluding carboxylic acids is 1. The molecule has 1 rings (SSSR count). The van der Waals surface area contributed by atoms with Gasteiger partial charge in [-0.1, -0.05) is 0 Å². The first-order chi connectivity index (χ1) is 4.24. The van der Waals surface area contributed by atoms with Crippen LogP contribution in [0.1, 0.15) is 12.8 Å². The minimum Gasteiger partial charge on any atom is -0.369 e. The highest BCUT2D eigenvalue weighted by Gasteiger charge is 2.32. The zero-order chi connectivity index (χ0) is 6.85. The van der Waals surface area contributed by atoms with Gasteiger partial charge in [-0.3, -0.25) is 4.79 Å². The molecule has 2 N–H and O–H groups in total. The average Bonchev–Trinajstić information content (AvgIpc) is 1.61. The van der Waals surface area contributed by atoms with E-state index in [0.717, 1.165) is 0 Å². The minimum atomic E-state index is -0.262. The fraction of sp³-hybridized carbons (Fsp3) is 0.667. The van der Waals surface area contributed by atoms with Crippen LogP contribution >= 0.6 is 0 Å². The van der Waals surface area contributed by atoms with E-state index in [4.69, 9.17) is 11.0 Å². The van der Waals surface area contributed by atoms with Crippen molar-refractivity contribution in [2.75, 3.05) is 0 Å². The molecule has 1 aliphatic carbocycles. The molecule has 3 heteroatoms. The molecule has 1 fully saturated rings. The molecule has 0 bridgehead atoms. The van der Waals surface area contributed by atoms with Gasteiger partial charge in [0.15, 0.2) is 0 Å². The number of nitriles is 1. The van der Waals surface area contributed by atoms with Crippen molar-refractivity contribution in [3.8, 4) is 6.07 Å². The number of amides is 1. The first-order valence-electron chi connectivity index (χ1n) is 2.93. The minimum absolute atomic E-state index is 0.0188. The number of hydrogen-bond donors (Lipinski definition) is 1. The predicted octanol–water partition coefficient (Wildman–Crippen LogP) is 0.0215. The van der Waals surface area contributed by atoms with Gasteiger partial charge in [-0.15, -0.1) is 0 Å². The molecular formula is C6H8N2O. The maximum atomic E-state index is 10.4. The standard InChI is InChI=1S/C6H8N2O/c7-3-4-1-5(2-4)6(8)9/h4-5H,1-2H2,(H2,8,9)/t4-,5+. The van der Waals surface area contributed by atoms with E-state index in [-0.39, 0.29) is 17.7 Å². The molecule has 0 radical (unpaired) electrons. The Hall–Kier alpha value is -1.04. The largest absolute Gasteiger partial charge is 0.369 e. The quantitative estimate of drug-likeness (QED) is 0.535. The van der Waals surface area contributed by atoms with E-state index >= 15 is 0 Å². The van der Waals surface area contributed by atoms with Crippen LogP contribution in [0.5, 0.6) is 0 Å². The van der Waals surface area contributed by atoms with Gasteiger partial charge < -0.3 is 5.73 Å². The summed E-state index contributed by atoms with van der Waals surface area (Å²) in [4.78, 5) is 10.4. The second-order valence-electron chi connectivity index (χ2n) is 2.40. The Morgan fingerprint density at radius 2 is 2.22 bits per heavy atom. The number of nitrogens with zero attached hydrogens (tertiary/aromatic N) is 1. The maximum Gasteiger partial charge on any atom is 0.220 e. The van der Waals surface area contributed by atoms with Gasteiger partial charge in [0.2, 0.25) is 5.91 Å². The van der Waals surface area contributed by atoms with Crippen molar-refractivity contribution < 1.29 is 4.79 Å². The lowest BCUT2D eigenvalue weighted by Gasteiger charge is -2.27. The van der Waals surface area contributed by atoms with E-state index in [9.17, 15) is 4.79 Å². The molecule has 1 amide bonds. The highest BCUT2D eigenvalue weighted by Crippen LogP contribution is 2.32. The molecular weight excluding hydrogens is 116 g/mol. The molecule has 1 saturated carbocycles. The van der Waals surface area contributed by atoms with Crippen LogP contribution in [-0.4, -0.2) is 5.91 Å². The number of hydrogen-bond acceptors (Lipinski definition) is 2. The van der Waals surface area contributed by atoms with Crippen LogP contribution < -0.4 is 5.73 Å². The Morgan fingerprint density at radius 3 is 2.56 bits per heavy atom. The van der Waals surface area contributed by atoms with Gasteiger partial charge in [0, 0.05) is 11.8 Å². The monoisotopic (exact) mass is 124 g/mol. The van der Waals surface area contributed by atoms with Gasteiger partial charge in [0.1, 0.15) is 0 Å². The molecule has 0 aliphatic heterocycles. The summed E-state index contributed by atoms with van der Waals surface area (Å²) >= 11 is 0. The molecule has 0 spiro atoms. The third-order valence-electron chi connectivity index (χ3n) is 1.72. The Bertz CT molecular complexity index is 164. The Morgan fingerprint density at radius 1 is 1.67 bits per heavy atom. The van der Waals surface area contributed by atoms with E-state index in [1.165, 1.54) is 0 Å². The van der Waals surface area contributed by atoms with E-state index in [0.29, 0.717) is 12.8 Å². The Kier molecular flexibility index (Phi) is 1.39. The maximum absolute atomic E-state index is 10.4. The van der Waals surface area contributed by atoms with Crippen molar-refractivity contribution >= 4 is 5.91 Å². The Labute approximate surface area is 53.5 Å². The lowest BCUT2D eigenvalue weighted by atomic mass is 9.75. The van der Waals surface area contributed by atoms with Crippen LogP contribution in [0.3, 0.4) is 0 Å². The molecule has 0 saturated heterocycles. The summed E-state index contributed by atoms with van der Waals surface area (Å²) in [5, 5.41) is 8.28. The molecule has 0 unspecified atom stereocenters. The SMILES string of the molecule is N#C[C@H]1C[C@@H](C(N)=O)C1. The second-order valence-corrected chi connectivity index (χ2v) is 2.40. The van der Waals surface area contributed by atoms with Crippen LogP contribution in [0.2, 0.25) is 0 Å². The summed E-state index contributed by atoms with van der Waals surface area (Å²) in [6.45, 7) is 0. The summed E-state index contributed by atoms with van der Waals surface area (Å²) in [5.41, 5.74) is 4.97. The number of nitrogens with two attached hydrogens (primary N) is 1. The summed E-state index contributed by atoms with van der Waals surface area (Å²) in [6, 6.07) is 2.08. The van der Waals surface area contributed by atoms with E-state index in [1.54, 1.807) is 0 Å². The van der Waals surface area contributed by atoms with E-state index in [2.05, 4.69) is 6.07 Å². The topological polar surface area (TPSA) is 66.9 Å². The zero-order valence-corrected chi connectivity index (χ0v) is 5.00. The summed E-state index contributed by atoms with van der Waals surface area (Å²) < 4.78 is 0. The molecule has 9 heavy (non-hydrogen) atoms. The molecule has 1 aliphatic rings. The molecule has 0 heterocycles. The molecule has 0 atom stereocenters. The van der Waals surface area contributed by atoms with E-state index in [1.807, 2.05) is 0 Å². The Balaban J connectivity index is 2.29. The van der Waals surface area contributed by atoms with Crippen LogP contribution in [-0.2, 0) is 4.79 Å². The molecule has 3 nitrogen and oxygen atoms in total. The number of carbonyl (C=O) groups is 1. The van der Waals surface area contributed by atoms with Crippen molar-refractivity contribution in [3.05, 3.63) is 0 Å². The van der Waals surface area contributed by atoms with Gasteiger partial charge in [-0.2, -0.15) is 5.26 Å². The fourth-order valence-corrected chi connectivity index (χ4v) is 0.956. The normalized spacial score (nSPS) is 32.3. The highest BCUT2D eigenvalue weighted by molar-refractivity contribution is 5.77. The van der Waals surface area contributed by atoms with Crippen LogP contribution in [0, 0.1) is 23.2 Å². The van der Waals surface area contributed by atoms with Crippen LogP contribution in [0.15, 0.2) is 0 Å². The zero-order valence-electron chi connectivity index (χ0n) is 5.00. The van der Waals surface area contributed by atoms with Crippen molar-refractivity contribution in [3.63, 3.8) is 0 Å². The van der Waals surface area contributed by atoms with Crippen molar-refractivity contribution in [2.24, 2.45) is 17.6 Å². The van der Waals surface area contributed by atoms with Crippen molar-refractivity contribution in [1.29, 1.82) is 5.26 Å². The predicted molar refractivity (Wildman–Crippen MR) is 31.0 cm³/mol. The van der Waals surface area contributed by atoms with Crippen molar-refractivity contribution in [2.45, 2.75) is 12.8 Å². The second kappa shape index (κ2) is 2.06. The lowest BCUT2D eigenvalue weighted by Crippen LogP contribution is -2.34.